The molecule has 0 aliphatic rings. The van der Waals surface area contributed by atoms with E-state index in [1.54, 1.807) is 30.5 Å². The molecule has 0 spiro atoms. The van der Waals surface area contributed by atoms with E-state index in [1.807, 2.05) is 54.6 Å². The molecule has 0 radical (unpaired) electrons. The normalized spacial score (nSPS) is 11.6. The van der Waals surface area contributed by atoms with Crippen molar-refractivity contribution in [3.8, 4) is 33.5 Å². The lowest BCUT2D eigenvalue weighted by atomic mass is 9.96. The van der Waals surface area contributed by atoms with Crippen LogP contribution in [0.1, 0.15) is 5.56 Å². The number of nitrogens with zero attached hydrogens (tertiary/aromatic N) is 1. The third kappa shape index (κ3) is 3.87. The zero-order valence-electron chi connectivity index (χ0n) is 17.0. The van der Waals surface area contributed by atoms with Gasteiger partial charge in [0.2, 0.25) is 0 Å². The smallest absolute Gasteiger partial charge is 0.256 e. The molecule has 0 atom stereocenters. The number of fused-ring (bicyclic) bond motifs is 1. The maximum Gasteiger partial charge on any atom is 0.417 e. The van der Waals surface area contributed by atoms with Crippen LogP contribution in [0.4, 0.5) is 13.2 Å². The Kier molecular flexibility index (Phi) is 4.98. The molecule has 5 rings (SSSR count). The number of alkyl halides is 3. The van der Waals surface area contributed by atoms with Crippen molar-refractivity contribution >= 4 is 10.8 Å². The van der Waals surface area contributed by atoms with Gasteiger partial charge in [0, 0.05) is 11.8 Å². The Labute approximate surface area is 183 Å². The number of rotatable bonds is 3. The van der Waals surface area contributed by atoms with Crippen molar-refractivity contribution in [3.05, 3.63) is 115 Å². The van der Waals surface area contributed by atoms with Crippen molar-refractivity contribution in [1.82, 2.24) is 4.98 Å². The van der Waals surface area contributed by atoms with Crippen LogP contribution in [0, 0.1) is 0 Å². The largest absolute Gasteiger partial charge is 0.417 e. The molecule has 156 valence electrons. The first-order valence-corrected chi connectivity index (χ1v) is 10.2. The highest BCUT2D eigenvalue weighted by Gasteiger charge is 2.33. The Morgan fingerprint density at radius 1 is 0.531 bits per heavy atom. The predicted octanol–water partition coefficient (Wildman–Crippen LogP) is 8.25. The van der Waals surface area contributed by atoms with E-state index < -0.39 is 11.7 Å². The fourth-order valence-electron chi connectivity index (χ4n) is 3.95. The number of pyridine rings is 1. The summed E-state index contributed by atoms with van der Waals surface area (Å²) in [6.45, 7) is 0. The Hall–Kier alpha value is -3.92. The molecule has 4 heteroatoms. The minimum Gasteiger partial charge on any atom is -0.256 e. The second kappa shape index (κ2) is 7.97. The number of halogens is 3. The summed E-state index contributed by atoms with van der Waals surface area (Å²) >= 11 is 0. The summed E-state index contributed by atoms with van der Waals surface area (Å²) in [5, 5.41) is 0.730. The minimum atomic E-state index is -4.44. The van der Waals surface area contributed by atoms with Gasteiger partial charge in [-0.2, -0.15) is 13.2 Å². The molecular formula is C28H18F3N. The molecule has 0 unspecified atom stereocenters. The summed E-state index contributed by atoms with van der Waals surface area (Å²) in [7, 11) is 0. The van der Waals surface area contributed by atoms with Crippen molar-refractivity contribution < 1.29 is 13.2 Å². The van der Waals surface area contributed by atoms with Crippen molar-refractivity contribution in [2.75, 3.05) is 0 Å². The average molecular weight is 425 g/mol. The first-order chi connectivity index (χ1) is 15.5. The highest BCUT2D eigenvalue weighted by atomic mass is 19.4. The van der Waals surface area contributed by atoms with E-state index >= 15 is 0 Å². The zero-order valence-corrected chi connectivity index (χ0v) is 17.0. The third-order valence-corrected chi connectivity index (χ3v) is 5.55. The fourth-order valence-corrected chi connectivity index (χ4v) is 3.95. The van der Waals surface area contributed by atoms with Gasteiger partial charge in [-0.1, -0.05) is 78.9 Å². The van der Waals surface area contributed by atoms with Crippen LogP contribution in [0.3, 0.4) is 0 Å². The molecule has 0 saturated heterocycles. The van der Waals surface area contributed by atoms with Crippen LogP contribution < -0.4 is 0 Å². The van der Waals surface area contributed by atoms with Crippen LogP contribution in [-0.4, -0.2) is 4.98 Å². The van der Waals surface area contributed by atoms with E-state index in [0.29, 0.717) is 16.6 Å². The molecule has 0 saturated carbocycles. The predicted molar refractivity (Wildman–Crippen MR) is 123 cm³/mol. The summed E-state index contributed by atoms with van der Waals surface area (Å²) in [6, 6.07) is 31.4. The van der Waals surface area contributed by atoms with E-state index in [-0.39, 0.29) is 5.39 Å². The lowest BCUT2D eigenvalue weighted by Gasteiger charge is -2.13. The third-order valence-electron chi connectivity index (χ3n) is 5.55. The highest BCUT2D eigenvalue weighted by Crippen LogP contribution is 2.38. The van der Waals surface area contributed by atoms with E-state index in [2.05, 4.69) is 17.1 Å². The van der Waals surface area contributed by atoms with E-state index in [0.717, 1.165) is 22.3 Å². The van der Waals surface area contributed by atoms with Gasteiger partial charge in [0.1, 0.15) is 0 Å². The summed E-state index contributed by atoms with van der Waals surface area (Å²) in [5.41, 5.74) is 4.41. The number of hydrogen-bond donors (Lipinski definition) is 0. The van der Waals surface area contributed by atoms with Crippen LogP contribution in [0.15, 0.2) is 109 Å². The minimum absolute atomic E-state index is 0.191. The first kappa shape index (κ1) is 20.0. The molecule has 5 aromatic rings. The maximum atomic E-state index is 13.7. The van der Waals surface area contributed by atoms with Crippen LogP contribution >= 0.6 is 0 Å². The quantitative estimate of drug-likeness (QED) is 0.284. The molecule has 0 bridgehead atoms. The zero-order chi connectivity index (χ0) is 22.1. The number of aromatic nitrogens is 1. The van der Waals surface area contributed by atoms with Gasteiger partial charge in [0.15, 0.2) is 0 Å². The van der Waals surface area contributed by atoms with Crippen LogP contribution in [0.5, 0.6) is 0 Å². The summed E-state index contributed by atoms with van der Waals surface area (Å²) in [6.07, 6.45) is -2.81. The van der Waals surface area contributed by atoms with Crippen LogP contribution in [0.25, 0.3) is 44.3 Å². The monoisotopic (exact) mass is 425 g/mol. The molecule has 0 aliphatic carbocycles. The molecule has 0 aliphatic heterocycles. The van der Waals surface area contributed by atoms with Gasteiger partial charge in [-0.05, 0) is 57.3 Å². The molecular weight excluding hydrogens is 407 g/mol. The number of benzene rings is 4. The maximum absolute atomic E-state index is 13.7. The fraction of sp³-hybridized carbons (Fsp3) is 0.0357. The Bertz CT molecular complexity index is 1390. The molecule has 1 aromatic heterocycles. The summed E-state index contributed by atoms with van der Waals surface area (Å²) < 4.78 is 41.1. The SMILES string of the molecule is FC(F)(F)c1cc(-c2cc(-c3ccc(-c4ccccc4)cc3)ccn2)cc2ccccc12. The van der Waals surface area contributed by atoms with Crippen molar-refractivity contribution in [2.24, 2.45) is 0 Å². The lowest BCUT2D eigenvalue weighted by Crippen LogP contribution is -2.06. The van der Waals surface area contributed by atoms with Gasteiger partial charge in [-0.25, -0.2) is 0 Å². The molecule has 1 heterocycles. The van der Waals surface area contributed by atoms with E-state index in [9.17, 15) is 13.2 Å². The van der Waals surface area contributed by atoms with Gasteiger partial charge in [-0.3, -0.25) is 4.98 Å². The molecule has 1 nitrogen and oxygen atoms in total. The van der Waals surface area contributed by atoms with Gasteiger partial charge in [0.05, 0.1) is 11.3 Å². The molecule has 32 heavy (non-hydrogen) atoms. The van der Waals surface area contributed by atoms with Gasteiger partial charge < -0.3 is 0 Å². The summed E-state index contributed by atoms with van der Waals surface area (Å²) in [4.78, 5) is 4.36. The highest BCUT2D eigenvalue weighted by molar-refractivity contribution is 5.90. The van der Waals surface area contributed by atoms with Crippen LogP contribution in [0.2, 0.25) is 0 Å². The molecule has 0 N–H and O–H groups in total. The van der Waals surface area contributed by atoms with Crippen LogP contribution in [-0.2, 0) is 6.18 Å². The Morgan fingerprint density at radius 2 is 1.16 bits per heavy atom. The number of hydrogen-bond acceptors (Lipinski definition) is 1. The Morgan fingerprint density at radius 3 is 1.88 bits per heavy atom. The van der Waals surface area contributed by atoms with Gasteiger partial charge in [0.25, 0.3) is 0 Å². The molecule has 0 amide bonds. The second-order valence-electron chi connectivity index (χ2n) is 7.62. The lowest BCUT2D eigenvalue weighted by molar-refractivity contribution is -0.136. The standard InChI is InChI=1S/C28H18F3N/c29-28(30,31)26-17-24(16-23-8-4-5-9-25(23)26)27-18-22(14-15-32-27)21-12-10-20(11-13-21)19-6-2-1-3-7-19/h1-18H. The average Bonchev–Trinajstić information content (AvgIpc) is 2.83. The van der Waals surface area contributed by atoms with Gasteiger partial charge in [-0.15, -0.1) is 0 Å². The summed E-state index contributed by atoms with van der Waals surface area (Å²) in [5.74, 6) is 0. The topological polar surface area (TPSA) is 12.9 Å². The van der Waals surface area contributed by atoms with Crippen molar-refractivity contribution in [2.45, 2.75) is 6.18 Å². The molecule has 4 aromatic carbocycles. The van der Waals surface area contributed by atoms with Gasteiger partial charge >= 0.3 is 6.18 Å². The second-order valence-corrected chi connectivity index (χ2v) is 7.62. The van der Waals surface area contributed by atoms with E-state index in [4.69, 9.17) is 0 Å². The van der Waals surface area contributed by atoms with E-state index in [1.165, 1.54) is 12.1 Å². The van der Waals surface area contributed by atoms with Crippen molar-refractivity contribution in [1.29, 1.82) is 0 Å². The van der Waals surface area contributed by atoms with Crippen molar-refractivity contribution in [3.63, 3.8) is 0 Å². The molecule has 0 fully saturated rings. The Balaban J connectivity index is 1.56. The first-order valence-electron chi connectivity index (χ1n) is 10.2.